The van der Waals surface area contributed by atoms with Crippen LogP contribution in [0.1, 0.15) is 6.92 Å². The molecule has 0 aliphatic heterocycles. The number of rotatable bonds is 4. The number of primary amides is 1. The lowest BCUT2D eigenvalue weighted by atomic mass is 10.4. The van der Waals surface area contributed by atoms with Crippen LogP contribution in [0.3, 0.4) is 0 Å². The predicted molar refractivity (Wildman–Crippen MR) is 68.1 cm³/mol. The van der Waals surface area contributed by atoms with Crippen LogP contribution in [0.2, 0.25) is 5.02 Å². The molecule has 3 N–H and O–H groups in total. The molecule has 17 heavy (non-hydrogen) atoms. The number of nitrogens with one attached hydrogen (secondary N) is 1. The number of carbonyl (C=O) groups is 1. The highest BCUT2D eigenvalue weighted by Crippen LogP contribution is 2.25. The SMILES string of the molecule is CC(NS(=O)(=O)c1ccc(Cl)c(Br)c1)C(N)=O. The van der Waals surface area contributed by atoms with Gasteiger partial charge in [0.25, 0.3) is 0 Å². The number of sulfonamides is 1. The molecule has 0 radical (unpaired) electrons. The first-order valence-electron chi connectivity index (χ1n) is 4.51. The first-order valence-corrected chi connectivity index (χ1v) is 7.16. The van der Waals surface area contributed by atoms with E-state index in [4.69, 9.17) is 17.3 Å². The Bertz CT molecular complexity index is 547. The largest absolute Gasteiger partial charge is 0.368 e. The van der Waals surface area contributed by atoms with E-state index in [1.165, 1.54) is 25.1 Å². The molecule has 0 aliphatic rings. The monoisotopic (exact) mass is 340 g/mol. The topological polar surface area (TPSA) is 89.3 Å². The first kappa shape index (κ1) is 14.4. The molecule has 0 aliphatic carbocycles. The van der Waals surface area contributed by atoms with Crippen molar-refractivity contribution < 1.29 is 13.2 Å². The Hall–Kier alpha value is -0.630. The van der Waals surface area contributed by atoms with Crippen molar-refractivity contribution >= 4 is 43.5 Å². The Balaban J connectivity index is 3.05. The minimum absolute atomic E-state index is 0.00174. The lowest BCUT2D eigenvalue weighted by Gasteiger charge is -2.11. The van der Waals surface area contributed by atoms with Crippen LogP contribution in [0.15, 0.2) is 27.6 Å². The van der Waals surface area contributed by atoms with Crippen molar-refractivity contribution in [1.82, 2.24) is 4.72 Å². The molecule has 1 amide bonds. The van der Waals surface area contributed by atoms with Gasteiger partial charge in [0, 0.05) is 4.47 Å². The van der Waals surface area contributed by atoms with Gasteiger partial charge in [-0.2, -0.15) is 4.72 Å². The molecule has 0 bridgehead atoms. The van der Waals surface area contributed by atoms with Gasteiger partial charge in [-0.25, -0.2) is 8.42 Å². The summed E-state index contributed by atoms with van der Waals surface area (Å²) in [6.07, 6.45) is 0. The quantitative estimate of drug-likeness (QED) is 0.864. The van der Waals surface area contributed by atoms with E-state index < -0.39 is 22.0 Å². The van der Waals surface area contributed by atoms with Crippen LogP contribution in [0.5, 0.6) is 0 Å². The smallest absolute Gasteiger partial charge is 0.241 e. The summed E-state index contributed by atoms with van der Waals surface area (Å²) in [7, 11) is -3.78. The first-order chi connectivity index (χ1) is 7.74. The number of nitrogens with two attached hydrogens (primary N) is 1. The third kappa shape index (κ3) is 3.67. The minimum Gasteiger partial charge on any atom is -0.368 e. The predicted octanol–water partition coefficient (Wildman–Crippen LogP) is 1.25. The van der Waals surface area contributed by atoms with E-state index in [2.05, 4.69) is 20.7 Å². The van der Waals surface area contributed by atoms with Crippen molar-refractivity contribution in [3.05, 3.63) is 27.7 Å². The molecule has 0 saturated heterocycles. The maximum absolute atomic E-state index is 11.8. The van der Waals surface area contributed by atoms with Crippen LogP contribution in [-0.4, -0.2) is 20.4 Å². The average molecular weight is 342 g/mol. The van der Waals surface area contributed by atoms with Gasteiger partial charge >= 0.3 is 0 Å². The molecule has 1 aromatic rings. The fourth-order valence-corrected chi connectivity index (χ4v) is 2.89. The van der Waals surface area contributed by atoms with Crippen molar-refractivity contribution in [1.29, 1.82) is 0 Å². The molecule has 94 valence electrons. The fourth-order valence-electron chi connectivity index (χ4n) is 1.00. The van der Waals surface area contributed by atoms with Gasteiger partial charge in [0.1, 0.15) is 0 Å². The van der Waals surface area contributed by atoms with Gasteiger partial charge in [-0.05, 0) is 41.1 Å². The highest BCUT2D eigenvalue weighted by Gasteiger charge is 2.20. The van der Waals surface area contributed by atoms with Crippen LogP contribution < -0.4 is 10.5 Å². The third-order valence-electron chi connectivity index (χ3n) is 1.96. The Morgan fingerprint density at radius 1 is 1.53 bits per heavy atom. The van der Waals surface area contributed by atoms with E-state index in [1.54, 1.807) is 0 Å². The van der Waals surface area contributed by atoms with E-state index in [0.29, 0.717) is 9.50 Å². The number of amides is 1. The summed E-state index contributed by atoms with van der Waals surface area (Å²) < 4.78 is 26.3. The van der Waals surface area contributed by atoms with Gasteiger partial charge in [0.15, 0.2) is 0 Å². The van der Waals surface area contributed by atoms with Crippen molar-refractivity contribution in [2.45, 2.75) is 17.9 Å². The number of benzene rings is 1. The third-order valence-corrected chi connectivity index (χ3v) is 4.71. The molecule has 1 atom stereocenters. The fraction of sp³-hybridized carbons (Fsp3) is 0.222. The Morgan fingerprint density at radius 2 is 2.12 bits per heavy atom. The summed E-state index contributed by atoms with van der Waals surface area (Å²) in [5, 5.41) is 0.395. The zero-order valence-corrected chi connectivity index (χ0v) is 11.9. The van der Waals surface area contributed by atoms with Crippen molar-refractivity contribution in [2.24, 2.45) is 5.73 Å². The maximum atomic E-state index is 11.8. The van der Waals surface area contributed by atoms with E-state index in [1.807, 2.05) is 0 Å². The van der Waals surface area contributed by atoms with Crippen LogP contribution in [0.25, 0.3) is 0 Å². The molecule has 1 rings (SSSR count). The van der Waals surface area contributed by atoms with Crippen LogP contribution in [0.4, 0.5) is 0 Å². The van der Waals surface area contributed by atoms with Crippen molar-refractivity contribution in [3.8, 4) is 0 Å². The van der Waals surface area contributed by atoms with Gasteiger partial charge < -0.3 is 5.73 Å². The molecule has 1 unspecified atom stereocenters. The number of hydrogen-bond acceptors (Lipinski definition) is 3. The zero-order chi connectivity index (χ0) is 13.2. The second-order valence-electron chi connectivity index (χ2n) is 3.32. The van der Waals surface area contributed by atoms with Crippen LogP contribution >= 0.6 is 27.5 Å². The van der Waals surface area contributed by atoms with Gasteiger partial charge in [-0.3, -0.25) is 4.79 Å². The Morgan fingerprint density at radius 3 is 2.59 bits per heavy atom. The summed E-state index contributed by atoms with van der Waals surface area (Å²) in [5.74, 6) is -0.749. The van der Waals surface area contributed by atoms with Gasteiger partial charge in [-0.1, -0.05) is 11.6 Å². The number of halogens is 2. The van der Waals surface area contributed by atoms with Crippen molar-refractivity contribution in [3.63, 3.8) is 0 Å². The Labute approximate surface area is 113 Å². The molecule has 1 aromatic carbocycles. The van der Waals surface area contributed by atoms with Crippen LogP contribution in [0, 0.1) is 0 Å². The zero-order valence-electron chi connectivity index (χ0n) is 8.78. The molecule has 0 aromatic heterocycles. The van der Waals surface area contributed by atoms with Crippen LogP contribution in [-0.2, 0) is 14.8 Å². The van der Waals surface area contributed by atoms with Gasteiger partial charge in [0.05, 0.1) is 16.0 Å². The minimum atomic E-state index is -3.78. The molecule has 0 heterocycles. The number of carbonyl (C=O) groups excluding carboxylic acids is 1. The number of hydrogen-bond donors (Lipinski definition) is 2. The normalized spacial score (nSPS) is 13.4. The summed E-state index contributed by atoms with van der Waals surface area (Å²) >= 11 is 8.87. The van der Waals surface area contributed by atoms with Crippen molar-refractivity contribution in [2.75, 3.05) is 0 Å². The maximum Gasteiger partial charge on any atom is 0.241 e. The van der Waals surface area contributed by atoms with E-state index in [0.717, 1.165) is 0 Å². The molecule has 8 heteroatoms. The molecule has 0 fully saturated rings. The average Bonchev–Trinajstić information content (AvgIpc) is 2.21. The van der Waals surface area contributed by atoms with E-state index in [9.17, 15) is 13.2 Å². The van der Waals surface area contributed by atoms with E-state index >= 15 is 0 Å². The second kappa shape index (κ2) is 5.34. The standard InChI is InChI=1S/C9H10BrClN2O3S/c1-5(9(12)14)13-17(15,16)6-2-3-8(11)7(10)4-6/h2-5,13H,1H3,(H2,12,14). The highest BCUT2D eigenvalue weighted by molar-refractivity contribution is 9.10. The molecule has 5 nitrogen and oxygen atoms in total. The summed E-state index contributed by atoms with van der Waals surface area (Å²) in [5.41, 5.74) is 4.98. The Kier molecular flexibility index (Phi) is 4.54. The van der Waals surface area contributed by atoms with Gasteiger partial charge in [-0.15, -0.1) is 0 Å². The van der Waals surface area contributed by atoms with Gasteiger partial charge in [0.2, 0.25) is 15.9 Å². The molecule has 0 saturated carbocycles. The highest BCUT2D eigenvalue weighted by atomic mass is 79.9. The molecule has 0 spiro atoms. The molecular formula is C9H10BrClN2O3S. The lowest BCUT2D eigenvalue weighted by molar-refractivity contribution is -0.119. The lowest BCUT2D eigenvalue weighted by Crippen LogP contribution is -2.42. The van der Waals surface area contributed by atoms with E-state index in [-0.39, 0.29) is 4.90 Å². The summed E-state index contributed by atoms with van der Waals surface area (Å²) in [6.45, 7) is 1.37. The summed E-state index contributed by atoms with van der Waals surface area (Å²) in [6, 6.07) is 3.14. The second-order valence-corrected chi connectivity index (χ2v) is 6.30. The summed E-state index contributed by atoms with van der Waals surface area (Å²) in [4.78, 5) is 10.8. The molecular weight excluding hydrogens is 332 g/mol.